The Balaban J connectivity index is 1.24. The number of nitrogens with one attached hydrogen (secondary N) is 2. The van der Waals surface area contributed by atoms with Gasteiger partial charge < -0.3 is 36.0 Å². The van der Waals surface area contributed by atoms with Gasteiger partial charge in [-0.05, 0) is 69.3 Å². The number of carbonyl (C=O) groups excluding carboxylic acids is 3. The first kappa shape index (κ1) is 29.5. The van der Waals surface area contributed by atoms with E-state index in [2.05, 4.69) is 35.0 Å². The van der Waals surface area contributed by atoms with E-state index in [0.717, 1.165) is 35.2 Å². The molecule has 0 aliphatic carbocycles. The number of thiophene rings is 1. The van der Waals surface area contributed by atoms with Crippen LogP contribution in [0.2, 0.25) is 5.02 Å². The van der Waals surface area contributed by atoms with Gasteiger partial charge in [-0.2, -0.15) is 0 Å². The quantitative estimate of drug-likeness (QED) is 0.434. The number of amides is 5. The van der Waals surface area contributed by atoms with E-state index < -0.39 is 6.04 Å². The van der Waals surface area contributed by atoms with Crippen LogP contribution in [0.1, 0.15) is 42.4 Å². The molecule has 4 N–H and O–H groups in total. The maximum atomic E-state index is 13.8. The highest BCUT2D eigenvalue weighted by molar-refractivity contribution is 7.08. The van der Waals surface area contributed by atoms with Gasteiger partial charge in [0.25, 0.3) is 0 Å². The highest BCUT2D eigenvalue weighted by Crippen LogP contribution is 2.30. The number of hydrogen-bond donors (Lipinski definition) is 3. The first-order chi connectivity index (χ1) is 19.6. The zero-order valence-corrected chi connectivity index (χ0v) is 25.6. The van der Waals surface area contributed by atoms with Gasteiger partial charge in [-0.3, -0.25) is 4.79 Å². The van der Waals surface area contributed by atoms with Crippen LogP contribution in [0.3, 0.4) is 0 Å². The Kier molecular flexibility index (Phi) is 8.96. The van der Waals surface area contributed by atoms with Crippen LogP contribution in [-0.2, 0) is 17.8 Å². The molecule has 10 nitrogen and oxygen atoms in total. The third-order valence-electron chi connectivity index (χ3n) is 8.72. The largest absolute Gasteiger partial charge is 0.397 e. The molecule has 3 aliphatic rings. The summed E-state index contributed by atoms with van der Waals surface area (Å²) in [6.45, 7) is 4.82. The maximum absolute atomic E-state index is 13.8. The number of hydrogen-bond acceptors (Lipinski definition) is 6. The molecule has 5 rings (SSSR count). The summed E-state index contributed by atoms with van der Waals surface area (Å²) in [7, 11) is 4.14. The highest BCUT2D eigenvalue weighted by atomic mass is 35.5. The number of likely N-dealkylation sites (tertiary alicyclic amines) is 2. The molecule has 1 aromatic carbocycles. The van der Waals surface area contributed by atoms with Gasteiger partial charge in [0.1, 0.15) is 6.04 Å². The van der Waals surface area contributed by atoms with Crippen LogP contribution >= 0.6 is 22.9 Å². The van der Waals surface area contributed by atoms with Crippen LogP contribution in [0.4, 0.5) is 21.0 Å². The number of nitrogen functional groups attached to an aromatic ring is 1. The molecule has 2 aromatic rings. The summed E-state index contributed by atoms with van der Waals surface area (Å²) in [5.41, 5.74) is 10.3. The van der Waals surface area contributed by atoms with Crippen LogP contribution in [0.25, 0.3) is 0 Å². The van der Waals surface area contributed by atoms with Crippen molar-refractivity contribution in [2.24, 2.45) is 0 Å². The van der Waals surface area contributed by atoms with Gasteiger partial charge in [0.05, 0.1) is 22.9 Å². The van der Waals surface area contributed by atoms with Crippen molar-refractivity contribution in [3.63, 3.8) is 0 Å². The molecule has 0 radical (unpaired) electrons. The lowest BCUT2D eigenvalue weighted by atomic mass is 9.99. The van der Waals surface area contributed by atoms with Crippen molar-refractivity contribution in [2.75, 3.05) is 51.3 Å². The second kappa shape index (κ2) is 12.5. The van der Waals surface area contributed by atoms with Crippen LogP contribution < -0.4 is 16.4 Å². The maximum Gasteiger partial charge on any atom is 0.322 e. The van der Waals surface area contributed by atoms with Crippen molar-refractivity contribution in [1.82, 2.24) is 24.9 Å². The normalized spacial score (nSPS) is 19.2. The summed E-state index contributed by atoms with van der Waals surface area (Å²) >= 11 is 7.94. The number of nitrogens with two attached hydrogens (primary N) is 1. The number of halogens is 1. The number of carbonyl (C=O) groups is 3. The zero-order valence-electron chi connectivity index (χ0n) is 24.0. The van der Waals surface area contributed by atoms with E-state index >= 15 is 0 Å². The van der Waals surface area contributed by atoms with E-state index in [1.54, 1.807) is 22.3 Å². The fraction of sp³-hybridized carbons (Fsp3) is 0.552. The molecule has 0 saturated carbocycles. The summed E-state index contributed by atoms with van der Waals surface area (Å²) in [4.78, 5) is 47.7. The van der Waals surface area contributed by atoms with Crippen molar-refractivity contribution in [3.05, 3.63) is 44.6 Å². The Hall–Kier alpha value is -3.02. The van der Waals surface area contributed by atoms with Gasteiger partial charge in [-0.15, -0.1) is 11.3 Å². The van der Waals surface area contributed by atoms with Crippen molar-refractivity contribution in [1.29, 1.82) is 0 Å². The summed E-state index contributed by atoms with van der Waals surface area (Å²) in [5, 5.41) is 10.5. The topological polar surface area (TPSA) is 114 Å². The number of piperidine rings is 2. The number of aryl methyl sites for hydroxylation is 1. The molecule has 1 aromatic heterocycles. The lowest BCUT2D eigenvalue weighted by Gasteiger charge is -2.40. The molecule has 0 spiro atoms. The van der Waals surface area contributed by atoms with Crippen LogP contribution in [0.5, 0.6) is 0 Å². The Morgan fingerprint density at radius 1 is 1.12 bits per heavy atom. The fourth-order valence-electron chi connectivity index (χ4n) is 6.12. The smallest absolute Gasteiger partial charge is 0.322 e. The molecule has 41 heavy (non-hydrogen) atoms. The lowest BCUT2D eigenvalue weighted by molar-refractivity contribution is -0.134. The SMILES string of the molecule is Cc1cc(C[C@@H](NC(=O)N2CCC(N3Cc4cscc4NC3=O)CC2)C(=O)N2CCC(N(C)C)CC2)cc(Cl)c1N. The van der Waals surface area contributed by atoms with E-state index in [0.29, 0.717) is 68.7 Å². The Bertz CT molecular complexity index is 1260. The third-order valence-corrected chi connectivity index (χ3v) is 9.82. The number of benzene rings is 1. The molecular formula is C29H40ClN7O3S. The van der Waals surface area contributed by atoms with Crippen molar-refractivity contribution >= 4 is 52.3 Å². The molecule has 4 heterocycles. The predicted molar refractivity (Wildman–Crippen MR) is 163 cm³/mol. The first-order valence-corrected chi connectivity index (χ1v) is 15.6. The second-order valence-corrected chi connectivity index (χ2v) is 12.8. The summed E-state index contributed by atoms with van der Waals surface area (Å²) in [6, 6.07) is 3.15. The molecule has 2 fully saturated rings. The van der Waals surface area contributed by atoms with Gasteiger partial charge in [0, 0.05) is 55.6 Å². The summed E-state index contributed by atoms with van der Waals surface area (Å²) in [5.74, 6) is -0.0763. The minimum Gasteiger partial charge on any atom is -0.397 e. The third kappa shape index (κ3) is 6.57. The van der Waals surface area contributed by atoms with Crippen LogP contribution in [-0.4, -0.2) is 96.0 Å². The average molecular weight is 602 g/mol. The minimum absolute atomic E-state index is 0.0578. The molecule has 2 saturated heterocycles. The molecule has 3 aliphatic heterocycles. The van der Waals surface area contributed by atoms with Crippen LogP contribution in [0.15, 0.2) is 22.9 Å². The highest BCUT2D eigenvalue weighted by Gasteiger charge is 2.35. The van der Waals surface area contributed by atoms with E-state index in [1.165, 1.54) is 0 Å². The predicted octanol–water partition coefficient (Wildman–Crippen LogP) is 3.98. The molecule has 0 unspecified atom stereocenters. The van der Waals surface area contributed by atoms with Crippen molar-refractivity contribution in [3.8, 4) is 0 Å². The first-order valence-electron chi connectivity index (χ1n) is 14.3. The Labute approximate surface area is 250 Å². The van der Waals surface area contributed by atoms with Gasteiger partial charge in [-0.25, -0.2) is 9.59 Å². The number of nitrogens with zero attached hydrogens (tertiary/aromatic N) is 4. The van der Waals surface area contributed by atoms with Gasteiger partial charge in [0.2, 0.25) is 5.91 Å². The average Bonchev–Trinajstić information content (AvgIpc) is 3.42. The molecule has 12 heteroatoms. The van der Waals surface area contributed by atoms with E-state index in [1.807, 2.05) is 28.2 Å². The standard InChI is InChI=1S/C29H40ClN7O3S/c1-18-12-19(13-23(30)26(18)31)14-24(27(38)35-8-4-21(5-9-35)34(2)3)32-28(39)36-10-6-22(7-11-36)37-15-20-16-41-17-25(20)33-29(37)40/h12-13,16-17,21-22,24H,4-11,14-15,31H2,1-3H3,(H,32,39)(H,33,40)/t24-/m1/s1. The second-order valence-electron chi connectivity index (χ2n) is 11.6. The van der Waals surface area contributed by atoms with Crippen LogP contribution in [0, 0.1) is 6.92 Å². The summed E-state index contributed by atoms with van der Waals surface area (Å²) in [6.07, 6.45) is 3.49. The van der Waals surface area contributed by atoms with Gasteiger partial charge >= 0.3 is 12.1 Å². The van der Waals surface area contributed by atoms with Crippen molar-refractivity contribution in [2.45, 2.75) is 63.7 Å². The molecule has 222 valence electrons. The van der Waals surface area contributed by atoms with E-state index in [9.17, 15) is 14.4 Å². The molecule has 1 atom stereocenters. The monoisotopic (exact) mass is 601 g/mol. The summed E-state index contributed by atoms with van der Waals surface area (Å²) < 4.78 is 0. The number of fused-ring (bicyclic) bond motifs is 1. The van der Waals surface area contributed by atoms with Gasteiger partial charge in [-0.1, -0.05) is 17.7 Å². The Morgan fingerprint density at radius 3 is 2.46 bits per heavy atom. The molecule has 5 amide bonds. The molecular weight excluding hydrogens is 562 g/mol. The molecule has 0 bridgehead atoms. The van der Waals surface area contributed by atoms with Gasteiger partial charge in [0.15, 0.2) is 0 Å². The van der Waals surface area contributed by atoms with Crippen molar-refractivity contribution < 1.29 is 14.4 Å². The van der Waals surface area contributed by atoms with E-state index in [4.69, 9.17) is 17.3 Å². The Morgan fingerprint density at radius 2 is 1.80 bits per heavy atom. The number of urea groups is 2. The zero-order chi connectivity index (χ0) is 29.3. The number of anilines is 2. The number of rotatable bonds is 6. The minimum atomic E-state index is -0.722. The fourth-order valence-corrected chi connectivity index (χ4v) is 7.19. The lowest BCUT2D eigenvalue weighted by Crippen LogP contribution is -2.57. The van der Waals surface area contributed by atoms with E-state index in [-0.39, 0.29) is 24.0 Å².